The lowest BCUT2D eigenvalue weighted by Crippen LogP contribution is -2.40. The molecule has 0 aliphatic rings. The third-order valence-corrected chi connectivity index (χ3v) is 5.21. The van der Waals surface area contributed by atoms with Crippen molar-refractivity contribution in [1.82, 2.24) is 5.32 Å². The van der Waals surface area contributed by atoms with E-state index in [0.29, 0.717) is 0 Å². The van der Waals surface area contributed by atoms with Crippen LogP contribution < -0.4 is 5.32 Å². The quantitative estimate of drug-likeness (QED) is 0.784. The van der Waals surface area contributed by atoms with E-state index in [0.717, 1.165) is 11.1 Å². The Labute approximate surface area is 148 Å². The van der Waals surface area contributed by atoms with E-state index in [1.165, 1.54) is 10.5 Å². The highest BCUT2D eigenvalue weighted by atomic mass is 32.2. The molecule has 0 heterocycles. The summed E-state index contributed by atoms with van der Waals surface area (Å²) in [5.41, 5.74) is 1.87. The summed E-state index contributed by atoms with van der Waals surface area (Å²) in [5, 5.41) is 13.5. The first kappa shape index (κ1) is 18.6. The van der Waals surface area contributed by atoms with Gasteiger partial charge in [0.2, 0.25) is 5.91 Å². The fourth-order valence-corrected chi connectivity index (χ4v) is 3.22. The maximum Gasteiger partial charge on any atom is 0.227 e. The molecule has 3 nitrogen and oxygen atoms in total. The van der Waals surface area contributed by atoms with Crippen LogP contribution in [0.2, 0.25) is 0 Å². The monoisotopic (exact) mass is 343 g/mol. The summed E-state index contributed by atoms with van der Waals surface area (Å²) < 4.78 is 0. The SMILES string of the molecule is CSc1ccc(C(C)C(=O)NCC(C)(O)c2ccccc2)cc1C. The van der Waals surface area contributed by atoms with E-state index < -0.39 is 5.60 Å². The second kappa shape index (κ2) is 7.86. The second-order valence-corrected chi connectivity index (χ2v) is 7.16. The van der Waals surface area contributed by atoms with Crippen molar-refractivity contribution in [2.75, 3.05) is 12.8 Å². The Hall–Kier alpha value is -1.78. The molecule has 0 saturated heterocycles. The lowest BCUT2D eigenvalue weighted by atomic mass is 9.95. The van der Waals surface area contributed by atoms with Crippen molar-refractivity contribution in [3.05, 3.63) is 65.2 Å². The van der Waals surface area contributed by atoms with E-state index in [1.54, 1.807) is 18.7 Å². The lowest BCUT2D eigenvalue weighted by Gasteiger charge is -2.25. The molecule has 128 valence electrons. The molecule has 0 radical (unpaired) electrons. The van der Waals surface area contributed by atoms with Crippen molar-refractivity contribution in [1.29, 1.82) is 0 Å². The van der Waals surface area contributed by atoms with Gasteiger partial charge in [0, 0.05) is 4.90 Å². The van der Waals surface area contributed by atoms with Gasteiger partial charge in [0.05, 0.1) is 12.5 Å². The number of aryl methyl sites for hydroxylation is 1. The van der Waals surface area contributed by atoms with Crippen LogP contribution >= 0.6 is 11.8 Å². The predicted molar refractivity (Wildman–Crippen MR) is 100 cm³/mol. The molecule has 0 aliphatic carbocycles. The van der Waals surface area contributed by atoms with Crippen LogP contribution in [0.5, 0.6) is 0 Å². The van der Waals surface area contributed by atoms with Crippen molar-refractivity contribution < 1.29 is 9.90 Å². The number of rotatable bonds is 6. The van der Waals surface area contributed by atoms with Gasteiger partial charge >= 0.3 is 0 Å². The molecule has 2 N–H and O–H groups in total. The molecule has 0 bridgehead atoms. The molecule has 2 atom stereocenters. The Bertz CT molecular complexity index is 698. The summed E-state index contributed by atoms with van der Waals surface area (Å²) in [6.07, 6.45) is 2.05. The van der Waals surface area contributed by atoms with Crippen LogP contribution in [0.25, 0.3) is 0 Å². The number of thioether (sulfide) groups is 1. The number of benzene rings is 2. The third-order valence-electron chi connectivity index (χ3n) is 4.31. The van der Waals surface area contributed by atoms with Crippen molar-refractivity contribution in [2.45, 2.75) is 37.2 Å². The zero-order chi connectivity index (χ0) is 17.7. The Kier molecular flexibility index (Phi) is 6.08. The summed E-state index contributed by atoms with van der Waals surface area (Å²) in [4.78, 5) is 13.7. The van der Waals surface area contributed by atoms with Crippen LogP contribution in [0.15, 0.2) is 53.4 Å². The number of amides is 1. The molecular formula is C20H25NO2S. The van der Waals surface area contributed by atoms with Gasteiger partial charge in [-0.05, 0) is 49.8 Å². The average Bonchev–Trinajstić information content (AvgIpc) is 2.59. The van der Waals surface area contributed by atoms with Crippen LogP contribution in [0.4, 0.5) is 0 Å². The molecule has 24 heavy (non-hydrogen) atoms. The first-order valence-corrected chi connectivity index (χ1v) is 9.28. The number of hydrogen-bond donors (Lipinski definition) is 2. The molecule has 4 heteroatoms. The second-order valence-electron chi connectivity index (χ2n) is 6.31. The van der Waals surface area contributed by atoms with E-state index in [4.69, 9.17) is 0 Å². The van der Waals surface area contributed by atoms with E-state index in [2.05, 4.69) is 24.4 Å². The first-order valence-electron chi connectivity index (χ1n) is 8.05. The molecule has 0 aliphatic heterocycles. The summed E-state index contributed by atoms with van der Waals surface area (Å²) in [5.74, 6) is -0.339. The predicted octanol–water partition coefficient (Wildman–Crippen LogP) is 3.84. The lowest BCUT2D eigenvalue weighted by molar-refractivity contribution is -0.123. The van der Waals surface area contributed by atoms with Gasteiger partial charge in [0.25, 0.3) is 0 Å². The number of aliphatic hydroxyl groups is 1. The van der Waals surface area contributed by atoms with Crippen LogP contribution in [0.3, 0.4) is 0 Å². The Balaban J connectivity index is 2.03. The highest BCUT2D eigenvalue weighted by Crippen LogP contribution is 2.25. The highest BCUT2D eigenvalue weighted by molar-refractivity contribution is 7.98. The van der Waals surface area contributed by atoms with Crippen LogP contribution in [0, 0.1) is 6.92 Å². The van der Waals surface area contributed by atoms with Gasteiger partial charge < -0.3 is 10.4 Å². The van der Waals surface area contributed by atoms with Crippen molar-refractivity contribution >= 4 is 17.7 Å². The van der Waals surface area contributed by atoms with Gasteiger partial charge in [0.15, 0.2) is 0 Å². The Morgan fingerprint density at radius 1 is 1.25 bits per heavy atom. The van der Waals surface area contributed by atoms with Crippen molar-refractivity contribution in [3.8, 4) is 0 Å². The van der Waals surface area contributed by atoms with Crippen LogP contribution in [0.1, 0.15) is 36.5 Å². The topological polar surface area (TPSA) is 49.3 Å². The van der Waals surface area contributed by atoms with Crippen LogP contribution in [-0.4, -0.2) is 23.8 Å². The summed E-state index contributed by atoms with van der Waals surface area (Å²) in [6.45, 7) is 5.84. The van der Waals surface area contributed by atoms with E-state index >= 15 is 0 Å². The van der Waals surface area contributed by atoms with E-state index in [9.17, 15) is 9.90 Å². The molecule has 2 aromatic rings. The Morgan fingerprint density at radius 3 is 2.50 bits per heavy atom. The minimum Gasteiger partial charge on any atom is -0.384 e. The summed E-state index contributed by atoms with van der Waals surface area (Å²) in [6, 6.07) is 15.5. The molecule has 2 rings (SSSR count). The van der Waals surface area contributed by atoms with Crippen molar-refractivity contribution in [2.24, 2.45) is 0 Å². The summed E-state index contributed by atoms with van der Waals surface area (Å²) >= 11 is 1.70. The average molecular weight is 343 g/mol. The molecule has 0 spiro atoms. The smallest absolute Gasteiger partial charge is 0.227 e. The van der Waals surface area contributed by atoms with Gasteiger partial charge in [-0.1, -0.05) is 42.5 Å². The van der Waals surface area contributed by atoms with Gasteiger partial charge in [-0.25, -0.2) is 0 Å². The van der Waals surface area contributed by atoms with E-state index in [-0.39, 0.29) is 18.4 Å². The highest BCUT2D eigenvalue weighted by Gasteiger charge is 2.25. The maximum atomic E-state index is 12.5. The molecule has 0 saturated carbocycles. The minimum absolute atomic E-state index is 0.0810. The molecular weight excluding hydrogens is 318 g/mol. The van der Waals surface area contributed by atoms with Crippen LogP contribution in [-0.2, 0) is 10.4 Å². The maximum absolute atomic E-state index is 12.5. The van der Waals surface area contributed by atoms with E-state index in [1.807, 2.05) is 49.6 Å². The van der Waals surface area contributed by atoms with Gasteiger partial charge in [-0.2, -0.15) is 0 Å². The normalized spacial score (nSPS) is 14.7. The zero-order valence-corrected chi connectivity index (χ0v) is 15.5. The standard InChI is InChI=1S/C20H25NO2S/c1-14-12-16(10-11-18(14)24-4)15(2)19(22)21-13-20(3,23)17-8-6-5-7-9-17/h5-12,15,23H,13H2,1-4H3,(H,21,22). The minimum atomic E-state index is -1.09. The number of nitrogens with one attached hydrogen (secondary N) is 1. The number of hydrogen-bond acceptors (Lipinski definition) is 3. The van der Waals surface area contributed by atoms with Crippen molar-refractivity contribution in [3.63, 3.8) is 0 Å². The largest absolute Gasteiger partial charge is 0.384 e. The zero-order valence-electron chi connectivity index (χ0n) is 14.7. The number of carbonyl (C=O) groups excluding carboxylic acids is 1. The molecule has 2 aromatic carbocycles. The molecule has 0 fully saturated rings. The summed E-state index contributed by atoms with van der Waals surface area (Å²) in [7, 11) is 0. The first-order chi connectivity index (χ1) is 11.3. The molecule has 2 unspecified atom stereocenters. The van der Waals surface area contributed by atoms with Gasteiger partial charge in [-0.3, -0.25) is 4.79 Å². The van der Waals surface area contributed by atoms with Gasteiger partial charge in [0.1, 0.15) is 5.60 Å². The fraction of sp³-hybridized carbons (Fsp3) is 0.350. The van der Waals surface area contributed by atoms with Gasteiger partial charge in [-0.15, -0.1) is 11.8 Å². The third kappa shape index (κ3) is 4.40. The Morgan fingerprint density at radius 2 is 1.92 bits per heavy atom. The molecule has 1 amide bonds. The number of carbonyl (C=O) groups is 1. The fourth-order valence-electron chi connectivity index (χ4n) is 2.63. The molecule has 0 aromatic heterocycles.